The van der Waals surface area contributed by atoms with Crippen LogP contribution in [0.4, 0.5) is 0 Å². The second kappa shape index (κ2) is 3.16. The summed E-state index contributed by atoms with van der Waals surface area (Å²) in [6.45, 7) is 0. The number of aldehydes is 1. The average Bonchev–Trinajstić information content (AvgIpc) is 1.88. The molecule has 0 aromatic heterocycles. The Labute approximate surface area is 63.3 Å². The minimum absolute atomic E-state index is 0.156. The van der Waals surface area contributed by atoms with E-state index in [4.69, 9.17) is 0 Å². The van der Waals surface area contributed by atoms with Crippen molar-refractivity contribution in [2.45, 2.75) is 17.7 Å². The van der Waals surface area contributed by atoms with Crippen molar-refractivity contribution in [3.63, 3.8) is 0 Å². The van der Waals surface area contributed by atoms with Gasteiger partial charge in [0.15, 0.2) is 0 Å². The van der Waals surface area contributed by atoms with Gasteiger partial charge in [0.05, 0.1) is 0 Å². The zero-order valence-corrected chi connectivity index (χ0v) is 6.67. The minimum atomic E-state index is 0.156. The predicted molar refractivity (Wildman–Crippen MR) is 40.6 cm³/mol. The van der Waals surface area contributed by atoms with Gasteiger partial charge >= 0.3 is 0 Å². The predicted octanol–water partition coefficient (Wildman–Crippen LogP) is 1.91. The first-order valence-corrected chi connectivity index (χ1v) is 4.00. The molecule has 0 saturated heterocycles. The lowest BCUT2D eigenvalue weighted by atomic mass is 9.97. The van der Waals surface area contributed by atoms with Crippen molar-refractivity contribution >= 4 is 22.2 Å². The van der Waals surface area contributed by atoms with E-state index in [1.54, 1.807) is 0 Å². The highest BCUT2D eigenvalue weighted by atomic mass is 79.9. The van der Waals surface area contributed by atoms with Gasteiger partial charge in [0, 0.05) is 10.7 Å². The van der Waals surface area contributed by atoms with Crippen molar-refractivity contribution in [2.75, 3.05) is 0 Å². The summed E-state index contributed by atoms with van der Waals surface area (Å²) in [6.07, 6.45) is 7.06. The van der Waals surface area contributed by atoms with E-state index in [2.05, 4.69) is 22.0 Å². The molecule has 0 radical (unpaired) electrons. The Morgan fingerprint density at radius 1 is 1.67 bits per heavy atom. The van der Waals surface area contributed by atoms with Crippen LogP contribution in [0.5, 0.6) is 0 Å². The van der Waals surface area contributed by atoms with E-state index < -0.39 is 0 Å². The SMILES string of the molecule is O=CC1C=CCC(Br)C1. The Morgan fingerprint density at radius 3 is 2.89 bits per heavy atom. The summed E-state index contributed by atoms with van der Waals surface area (Å²) < 4.78 is 0. The molecule has 0 N–H and O–H groups in total. The van der Waals surface area contributed by atoms with Crippen molar-refractivity contribution in [1.82, 2.24) is 0 Å². The van der Waals surface area contributed by atoms with E-state index in [-0.39, 0.29) is 5.92 Å². The Bertz CT molecular complexity index is 131. The number of hydrogen-bond acceptors (Lipinski definition) is 1. The third kappa shape index (κ3) is 1.94. The number of hydrogen-bond donors (Lipinski definition) is 0. The molecule has 0 heterocycles. The van der Waals surface area contributed by atoms with Crippen molar-refractivity contribution in [3.05, 3.63) is 12.2 Å². The minimum Gasteiger partial charge on any atom is -0.303 e. The largest absolute Gasteiger partial charge is 0.303 e. The Kier molecular flexibility index (Phi) is 2.46. The molecular formula is C7H9BrO. The molecule has 50 valence electrons. The van der Waals surface area contributed by atoms with E-state index in [1.165, 1.54) is 0 Å². The van der Waals surface area contributed by atoms with Gasteiger partial charge in [-0.15, -0.1) is 0 Å². The van der Waals surface area contributed by atoms with Crippen LogP contribution in [0.15, 0.2) is 12.2 Å². The Hall–Kier alpha value is -0.110. The quantitative estimate of drug-likeness (QED) is 0.350. The van der Waals surface area contributed by atoms with Gasteiger partial charge in [0.25, 0.3) is 0 Å². The maximum atomic E-state index is 10.2. The van der Waals surface area contributed by atoms with Crippen molar-refractivity contribution in [1.29, 1.82) is 0 Å². The number of allylic oxidation sites excluding steroid dienone is 2. The topological polar surface area (TPSA) is 17.1 Å². The van der Waals surface area contributed by atoms with Gasteiger partial charge in [-0.25, -0.2) is 0 Å². The maximum Gasteiger partial charge on any atom is 0.126 e. The van der Waals surface area contributed by atoms with Crippen molar-refractivity contribution < 1.29 is 4.79 Å². The van der Waals surface area contributed by atoms with Gasteiger partial charge in [-0.3, -0.25) is 0 Å². The molecule has 0 aliphatic heterocycles. The molecule has 0 bridgehead atoms. The van der Waals surface area contributed by atoms with E-state index in [0.29, 0.717) is 4.83 Å². The molecule has 9 heavy (non-hydrogen) atoms. The van der Waals surface area contributed by atoms with Crippen LogP contribution >= 0.6 is 15.9 Å². The van der Waals surface area contributed by atoms with Gasteiger partial charge in [0.1, 0.15) is 6.29 Å². The molecule has 0 fully saturated rings. The summed E-state index contributed by atoms with van der Waals surface area (Å²) in [6, 6.07) is 0. The smallest absolute Gasteiger partial charge is 0.126 e. The second-order valence-electron chi connectivity index (χ2n) is 2.30. The highest BCUT2D eigenvalue weighted by Gasteiger charge is 2.13. The molecule has 0 spiro atoms. The van der Waals surface area contributed by atoms with Crippen molar-refractivity contribution in [2.24, 2.45) is 5.92 Å². The maximum absolute atomic E-state index is 10.2. The molecule has 0 aromatic carbocycles. The molecule has 1 nitrogen and oxygen atoms in total. The molecule has 0 saturated carbocycles. The highest BCUT2D eigenvalue weighted by Crippen LogP contribution is 2.21. The van der Waals surface area contributed by atoms with E-state index in [9.17, 15) is 4.79 Å². The van der Waals surface area contributed by atoms with Crippen LogP contribution in [0.1, 0.15) is 12.8 Å². The first-order valence-electron chi connectivity index (χ1n) is 3.09. The first kappa shape index (κ1) is 7.00. The highest BCUT2D eigenvalue weighted by molar-refractivity contribution is 9.09. The van der Waals surface area contributed by atoms with E-state index >= 15 is 0 Å². The van der Waals surface area contributed by atoms with Crippen LogP contribution in [-0.4, -0.2) is 11.1 Å². The lowest BCUT2D eigenvalue weighted by molar-refractivity contribution is -0.110. The van der Waals surface area contributed by atoms with E-state index in [0.717, 1.165) is 19.1 Å². The van der Waals surface area contributed by atoms with Crippen LogP contribution in [0.3, 0.4) is 0 Å². The third-order valence-electron chi connectivity index (χ3n) is 1.48. The third-order valence-corrected chi connectivity index (χ3v) is 2.23. The Balaban J connectivity index is 2.48. The van der Waals surface area contributed by atoms with Gasteiger partial charge < -0.3 is 4.79 Å². The fourth-order valence-corrected chi connectivity index (χ4v) is 1.62. The molecular weight excluding hydrogens is 180 g/mol. The summed E-state index contributed by atoms with van der Waals surface area (Å²) >= 11 is 3.46. The molecule has 2 unspecified atom stereocenters. The number of rotatable bonds is 1. The number of alkyl halides is 1. The average molecular weight is 189 g/mol. The summed E-state index contributed by atoms with van der Waals surface area (Å²) in [7, 11) is 0. The number of halogens is 1. The van der Waals surface area contributed by atoms with Gasteiger partial charge in [0.2, 0.25) is 0 Å². The van der Waals surface area contributed by atoms with Gasteiger partial charge in [-0.2, -0.15) is 0 Å². The first-order chi connectivity index (χ1) is 4.33. The zero-order valence-electron chi connectivity index (χ0n) is 5.09. The lowest BCUT2D eigenvalue weighted by Gasteiger charge is -2.14. The molecule has 0 amide bonds. The number of carbonyl (C=O) groups is 1. The van der Waals surface area contributed by atoms with Crippen LogP contribution in [0.25, 0.3) is 0 Å². The summed E-state index contributed by atoms with van der Waals surface area (Å²) in [5.74, 6) is 0.156. The molecule has 0 aromatic rings. The van der Waals surface area contributed by atoms with Crippen molar-refractivity contribution in [3.8, 4) is 0 Å². The van der Waals surface area contributed by atoms with E-state index in [1.807, 2.05) is 6.08 Å². The lowest BCUT2D eigenvalue weighted by Crippen LogP contribution is -2.10. The fourth-order valence-electron chi connectivity index (χ4n) is 0.972. The normalized spacial score (nSPS) is 34.3. The molecule has 1 aliphatic rings. The van der Waals surface area contributed by atoms with Gasteiger partial charge in [-0.05, 0) is 12.8 Å². The second-order valence-corrected chi connectivity index (χ2v) is 3.59. The van der Waals surface area contributed by atoms with Crippen LogP contribution < -0.4 is 0 Å². The summed E-state index contributed by atoms with van der Waals surface area (Å²) in [5.41, 5.74) is 0. The molecule has 2 atom stereocenters. The molecule has 2 heteroatoms. The standard InChI is InChI=1S/C7H9BrO/c8-7-3-1-2-6(4-7)5-9/h1-2,5-7H,3-4H2. The van der Waals surface area contributed by atoms with Gasteiger partial charge in [-0.1, -0.05) is 28.1 Å². The zero-order chi connectivity index (χ0) is 6.69. The van der Waals surface area contributed by atoms with Crippen LogP contribution in [-0.2, 0) is 4.79 Å². The molecule has 1 aliphatic carbocycles. The Morgan fingerprint density at radius 2 is 2.44 bits per heavy atom. The van der Waals surface area contributed by atoms with Crippen LogP contribution in [0.2, 0.25) is 0 Å². The van der Waals surface area contributed by atoms with Crippen LogP contribution in [0, 0.1) is 5.92 Å². The number of carbonyl (C=O) groups excluding carboxylic acids is 1. The molecule has 1 rings (SSSR count). The summed E-state index contributed by atoms with van der Waals surface area (Å²) in [5, 5.41) is 0. The fraction of sp³-hybridized carbons (Fsp3) is 0.571. The summed E-state index contributed by atoms with van der Waals surface area (Å²) in [4.78, 5) is 10.7. The monoisotopic (exact) mass is 188 g/mol.